The SMILES string of the molecule is CCN(CC)c1nc2cc(O)ccc2c(=O)n1C1=CC=C(Cl)C=CC1. The van der Waals surface area contributed by atoms with Gasteiger partial charge in [0.05, 0.1) is 10.9 Å². The summed E-state index contributed by atoms with van der Waals surface area (Å²) in [6, 6.07) is 4.63. The zero-order chi connectivity index (χ0) is 18.0. The van der Waals surface area contributed by atoms with Gasteiger partial charge in [-0.2, -0.15) is 0 Å². The number of hydrogen-bond acceptors (Lipinski definition) is 4. The molecule has 25 heavy (non-hydrogen) atoms. The van der Waals surface area contributed by atoms with Gasteiger partial charge in [-0.25, -0.2) is 9.55 Å². The second kappa shape index (κ2) is 7.15. The average molecular weight is 358 g/mol. The van der Waals surface area contributed by atoms with Crippen molar-refractivity contribution >= 4 is 34.1 Å². The number of fused-ring (bicyclic) bond motifs is 1. The van der Waals surface area contributed by atoms with Crippen LogP contribution in [0.25, 0.3) is 16.6 Å². The first-order valence-electron chi connectivity index (χ1n) is 8.29. The molecule has 2 aromatic rings. The van der Waals surface area contributed by atoms with Crippen LogP contribution >= 0.6 is 11.6 Å². The van der Waals surface area contributed by atoms with Crippen LogP contribution in [0.3, 0.4) is 0 Å². The molecule has 1 aromatic carbocycles. The number of hydrogen-bond donors (Lipinski definition) is 1. The van der Waals surface area contributed by atoms with Crippen molar-refractivity contribution in [1.82, 2.24) is 9.55 Å². The van der Waals surface area contributed by atoms with Crippen LogP contribution in [0.5, 0.6) is 5.75 Å². The van der Waals surface area contributed by atoms with Gasteiger partial charge in [-0.3, -0.25) is 4.79 Å². The predicted octanol–water partition coefficient (Wildman–Crippen LogP) is 3.87. The topological polar surface area (TPSA) is 58.4 Å². The number of benzene rings is 1. The molecule has 0 aliphatic heterocycles. The van der Waals surface area contributed by atoms with Crippen LogP contribution in [0.15, 0.2) is 52.3 Å². The highest BCUT2D eigenvalue weighted by Crippen LogP contribution is 2.24. The van der Waals surface area contributed by atoms with Gasteiger partial charge >= 0.3 is 0 Å². The standard InChI is InChI=1S/C19H20ClN3O2/c1-3-22(4-2)19-21-17-12-15(24)10-11-16(17)18(25)23(19)14-7-5-6-13(20)8-9-14/h5-6,8-12,24H,3-4,7H2,1-2H3. The van der Waals surface area contributed by atoms with E-state index in [-0.39, 0.29) is 11.3 Å². The predicted molar refractivity (Wildman–Crippen MR) is 103 cm³/mol. The normalized spacial score (nSPS) is 14.2. The Morgan fingerprint density at radius 1 is 1.28 bits per heavy atom. The Morgan fingerprint density at radius 3 is 2.76 bits per heavy atom. The van der Waals surface area contributed by atoms with Gasteiger partial charge in [0, 0.05) is 36.3 Å². The Hall–Kier alpha value is -2.53. The summed E-state index contributed by atoms with van der Waals surface area (Å²) in [5.41, 5.74) is 1.14. The lowest BCUT2D eigenvalue weighted by Gasteiger charge is -2.25. The van der Waals surface area contributed by atoms with Crippen molar-refractivity contribution in [3.8, 4) is 5.75 Å². The highest BCUT2D eigenvalue weighted by molar-refractivity contribution is 6.31. The molecule has 1 aromatic heterocycles. The van der Waals surface area contributed by atoms with E-state index in [0.717, 1.165) is 5.70 Å². The second-order valence-corrected chi connectivity index (χ2v) is 6.18. The van der Waals surface area contributed by atoms with Crippen LogP contribution in [0.4, 0.5) is 5.95 Å². The molecule has 0 saturated heterocycles. The van der Waals surface area contributed by atoms with Crippen LogP contribution < -0.4 is 10.5 Å². The summed E-state index contributed by atoms with van der Waals surface area (Å²) in [5, 5.41) is 10.8. The number of rotatable bonds is 4. The molecule has 130 valence electrons. The van der Waals surface area contributed by atoms with Gasteiger partial charge in [0.25, 0.3) is 5.56 Å². The van der Waals surface area contributed by atoms with Gasteiger partial charge in [0.15, 0.2) is 0 Å². The Bertz CT molecular complexity index is 953. The van der Waals surface area contributed by atoms with Crippen LogP contribution in [0, 0.1) is 0 Å². The third-order valence-electron chi connectivity index (χ3n) is 4.21. The van der Waals surface area contributed by atoms with Crippen molar-refractivity contribution in [2.24, 2.45) is 0 Å². The smallest absolute Gasteiger partial charge is 0.267 e. The summed E-state index contributed by atoms with van der Waals surface area (Å²) < 4.78 is 1.64. The lowest BCUT2D eigenvalue weighted by atomic mass is 10.2. The number of aromatic nitrogens is 2. The molecule has 0 unspecified atom stereocenters. The summed E-state index contributed by atoms with van der Waals surface area (Å²) >= 11 is 6.07. The van der Waals surface area contributed by atoms with Gasteiger partial charge in [0.2, 0.25) is 5.95 Å². The van der Waals surface area contributed by atoms with Gasteiger partial charge in [-0.1, -0.05) is 17.7 Å². The molecule has 0 amide bonds. The molecule has 0 fully saturated rings. The third kappa shape index (κ3) is 3.33. The van der Waals surface area contributed by atoms with Crippen molar-refractivity contribution < 1.29 is 5.11 Å². The van der Waals surface area contributed by atoms with E-state index in [0.29, 0.717) is 41.4 Å². The van der Waals surface area contributed by atoms with E-state index in [1.54, 1.807) is 16.7 Å². The Labute approximate surface area is 151 Å². The first-order chi connectivity index (χ1) is 12.0. The lowest BCUT2D eigenvalue weighted by Crippen LogP contribution is -2.32. The zero-order valence-corrected chi connectivity index (χ0v) is 15.0. The van der Waals surface area contributed by atoms with Crippen molar-refractivity contribution in [3.05, 3.63) is 57.9 Å². The number of phenols is 1. The lowest BCUT2D eigenvalue weighted by molar-refractivity contribution is 0.476. The summed E-state index contributed by atoms with van der Waals surface area (Å²) in [5.74, 6) is 0.660. The molecule has 5 nitrogen and oxygen atoms in total. The molecule has 0 atom stereocenters. The van der Waals surface area contributed by atoms with Gasteiger partial charge in [-0.15, -0.1) is 0 Å². The minimum atomic E-state index is -0.155. The fraction of sp³-hybridized carbons (Fsp3) is 0.263. The molecule has 1 heterocycles. The molecular formula is C19H20ClN3O2. The van der Waals surface area contributed by atoms with E-state index in [9.17, 15) is 9.90 Å². The van der Waals surface area contributed by atoms with Crippen LogP contribution in [0.2, 0.25) is 0 Å². The Balaban J connectivity index is 2.33. The van der Waals surface area contributed by atoms with Gasteiger partial charge < -0.3 is 10.0 Å². The van der Waals surface area contributed by atoms with Gasteiger partial charge in [0.1, 0.15) is 5.75 Å². The number of aromatic hydroxyl groups is 1. The maximum Gasteiger partial charge on any atom is 0.267 e. The van der Waals surface area contributed by atoms with Crippen molar-refractivity contribution in [2.75, 3.05) is 18.0 Å². The average Bonchev–Trinajstić information content (AvgIpc) is 2.80. The summed E-state index contributed by atoms with van der Waals surface area (Å²) in [6.07, 6.45) is 7.95. The van der Waals surface area contributed by atoms with Crippen LogP contribution in [0.1, 0.15) is 20.3 Å². The molecule has 1 aliphatic rings. The first kappa shape index (κ1) is 17.3. The minimum Gasteiger partial charge on any atom is -0.508 e. The van der Waals surface area contributed by atoms with Crippen molar-refractivity contribution in [2.45, 2.75) is 20.3 Å². The molecule has 0 spiro atoms. The van der Waals surface area contributed by atoms with Crippen LogP contribution in [-0.4, -0.2) is 27.7 Å². The van der Waals surface area contributed by atoms with Crippen LogP contribution in [-0.2, 0) is 0 Å². The van der Waals surface area contributed by atoms with Gasteiger partial charge in [-0.05, 0) is 44.2 Å². The molecule has 0 saturated carbocycles. The number of allylic oxidation sites excluding steroid dienone is 6. The molecule has 6 heteroatoms. The molecule has 0 bridgehead atoms. The Morgan fingerprint density at radius 2 is 2.04 bits per heavy atom. The number of nitrogens with zero attached hydrogens (tertiary/aromatic N) is 3. The molecule has 3 rings (SSSR count). The van der Waals surface area contributed by atoms with E-state index in [4.69, 9.17) is 11.6 Å². The fourth-order valence-corrected chi connectivity index (χ4v) is 3.05. The maximum atomic E-state index is 13.2. The summed E-state index contributed by atoms with van der Waals surface area (Å²) in [6.45, 7) is 5.47. The monoisotopic (exact) mass is 357 g/mol. The van der Waals surface area contributed by atoms with Crippen molar-refractivity contribution in [3.63, 3.8) is 0 Å². The summed E-state index contributed by atoms with van der Waals surface area (Å²) in [7, 11) is 0. The number of phenolic OH excluding ortho intramolecular Hbond substituents is 1. The van der Waals surface area contributed by atoms with Crippen molar-refractivity contribution in [1.29, 1.82) is 0 Å². The van der Waals surface area contributed by atoms with E-state index >= 15 is 0 Å². The largest absolute Gasteiger partial charge is 0.508 e. The number of halogens is 1. The first-order valence-corrected chi connectivity index (χ1v) is 8.67. The van der Waals surface area contributed by atoms with E-state index in [2.05, 4.69) is 4.98 Å². The van der Waals surface area contributed by atoms with E-state index in [1.165, 1.54) is 12.1 Å². The fourth-order valence-electron chi connectivity index (χ4n) is 2.90. The molecule has 1 N–H and O–H groups in total. The van der Waals surface area contributed by atoms with E-state index in [1.807, 2.05) is 37.0 Å². The maximum absolute atomic E-state index is 13.2. The highest BCUT2D eigenvalue weighted by atomic mass is 35.5. The highest BCUT2D eigenvalue weighted by Gasteiger charge is 2.18. The second-order valence-electron chi connectivity index (χ2n) is 5.74. The molecule has 0 radical (unpaired) electrons. The quantitative estimate of drug-likeness (QED) is 0.902. The Kier molecular flexibility index (Phi) is 4.95. The zero-order valence-electron chi connectivity index (χ0n) is 14.2. The molecule has 1 aliphatic carbocycles. The summed E-state index contributed by atoms with van der Waals surface area (Å²) in [4.78, 5) is 19.9. The van der Waals surface area contributed by atoms with E-state index < -0.39 is 0 Å². The number of anilines is 1. The molecular weight excluding hydrogens is 338 g/mol. The third-order valence-corrected chi connectivity index (χ3v) is 4.46. The minimum absolute atomic E-state index is 0.0916.